The topological polar surface area (TPSA) is 58.6 Å². The van der Waals surface area contributed by atoms with Gasteiger partial charge in [-0.15, -0.1) is 0 Å². The molecule has 0 atom stereocenters. The lowest BCUT2D eigenvalue weighted by atomic mass is 10.1. The Morgan fingerprint density at radius 3 is 2.16 bits per heavy atom. The van der Waals surface area contributed by atoms with E-state index >= 15 is 0 Å². The summed E-state index contributed by atoms with van der Waals surface area (Å²) >= 11 is 0. The van der Waals surface area contributed by atoms with Crippen LogP contribution in [0.4, 0.5) is 0 Å². The molecule has 0 saturated carbocycles. The molecule has 5 heteroatoms. The maximum Gasteiger partial charge on any atom is 0.251 e. The molecule has 2 rings (SSSR count). The molecule has 0 aliphatic heterocycles. The molecule has 0 fully saturated rings. The second kappa shape index (κ2) is 8.87. The van der Waals surface area contributed by atoms with E-state index < -0.39 is 0 Å². The molecule has 0 aliphatic carbocycles. The predicted molar refractivity (Wildman–Crippen MR) is 97.6 cm³/mol. The van der Waals surface area contributed by atoms with Crippen molar-refractivity contribution in [3.63, 3.8) is 0 Å². The molecule has 5 nitrogen and oxygen atoms in total. The minimum atomic E-state index is -0.115. The van der Waals surface area contributed by atoms with Crippen LogP contribution < -0.4 is 10.1 Å². The normalized spacial score (nSPS) is 10.2. The van der Waals surface area contributed by atoms with Gasteiger partial charge in [0, 0.05) is 32.6 Å². The summed E-state index contributed by atoms with van der Waals surface area (Å²) in [6, 6.07) is 15.0. The molecule has 0 unspecified atom stereocenters. The number of amides is 2. The van der Waals surface area contributed by atoms with Crippen LogP contribution in [0.2, 0.25) is 0 Å². The summed E-state index contributed by atoms with van der Waals surface area (Å²) in [6.07, 6.45) is 1.15. The van der Waals surface area contributed by atoms with E-state index in [0.29, 0.717) is 24.9 Å². The molecule has 2 aromatic carbocycles. The molecule has 0 radical (unpaired) electrons. The number of benzene rings is 2. The van der Waals surface area contributed by atoms with E-state index in [-0.39, 0.29) is 11.8 Å². The van der Waals surface area contributed by atoms with Crippen LogP contribution in [0.25, 0.3) is 0 Å². The van der Waals surface area contributed by atoms with Gasteiger partial charge in [-0.1, -0.05) is 24.3 Å². The fourth-order valence-corrected chi connectivity index (χ4v) is 2.50. The minimum Gasteiger partial charge on any atom is -0.497 e. The Balaban J connectivity index is 1.85. The molecule has 2 aromatic rings. The van der Waals surface area contributed by atoms with E-state index in [9.17, 15) is 9.59 Å². The molecule has 132 valence electrons. The molecular weight excluding hydrogens is 316 g/mol. The van der Waals surface area contributed by atoms with Gasteiger partial charge in [0.15, 0.2) is 0 Å². The summed E-state index contributed by atoms with van der Waals surface area (Å²) in [4.78, 5) is 25.5. The number of nitrogens with one attached hydrogen (secondary N) is 1. The number of carbonyl (C=O) groups excluding carboxylic acids is 2. The van der Waals surface area contributed by atoms with E-state index in [1.807, 2.05) is 36.4 Å². The van der Waals surface area contributed by atoms with Crippen LogP contribution in [0.5, 0.6) is 5.75 Å². The zero-order chi connectivity index (χ0) is 18.2. The van der Waals surface area contributed by atoms with E-state index in [1.54, 1.807) is 38.2 Å². The Hall–Kier alpha value is -2.82. The quantitative estimate of drug-likeness (QED) is 0.843. The first kappa shape index (κ1) is 18.5. The third kappa shape index (κ3) is 5.35. The maximum absolute atomic E-state index is 12.3. The van der Waals surface area contributed by atoms with Crippen molar-refractivity contribution in [2.45, 2.75) is 19.4 Å². The van der Waals surface area contributed by atoms with Gasteiger partial charge in [0.25, 0.3) is 5.91 Å². The van der Waals surface area contributed by atoms with E-state index in [2.05, 4.69) is 5.32 Å². The Morgan fingerprint density at radius 1 is 1.00 bits per heavy atom. The SMILES string of the molecule is CNC(=O)c1ccc(CN(C)C(=O)CCc2ccc(OC)cc2)cc1. The van der Waals surface area contributed by atoms with Crippen LogP contribution >= 0.6 is 0 Å². The Labute approximate surface area is 148 Å². The van der Waals surface area contributed by atoms with Crippen molar-refractivity contribution in [3.05, 3.63) is 65.2 Å². The predicted octanol–water partition coefficient (Wildman–Crippen LogP) is 2.65. The van der Waals surface area contributed by atoms with Crippen molar-refractivity contribution in [1.29, 1.82) is 0 Å². The van der Waals surface area contributed by atoms with Crippen molar-refractivity contribution in [2.75, 3.05) is 21.2 Å². The summed E-state index contributed by atoms with van der Waals surface area (Å²) in [5, 5.41) is 2.59. The molecule has 0 spiro atoms. The van der Waals surface area contributed by atoms with Gasteiger partial charge in [-0.05, 0) is 41.8 Å². The van der Waals surface area contributed by atoms with Gasteiger partial charge in [0.05, 0.1) is 7.11 Å². The first-order chi connectivity index (χ1) is 12.0. The number of aryl methyl sites for hydroxylation is 1. The zero-order valence-electron chi connectivity index (χ0n) is 14.9. The second-order valence-corrected chi connectivity index (χ2v) is 5.87. The van der Waals surface area contributed by atoms with Crippen LogP contribution in [0.1, 0.15) is 27.9 Å². The first-order valence-corrected chi connectivity index (χ1v) is 8.21. The second-order valence-electron chi connectivity index (χ2n) is 5.87. The first-order valence-electron chi connectivity index (χ1n) is 8.21. The Morgan fingerprint density at radius 2 is 1.60 bits per heavy atom. The largest absolute Gasteiger partial charge is 0.497 e. The Kier molecular flexibility index (Phi) is 6.57. The number of hydrogen-bond donors (Lipinski definition) is 1. The summed E-state index contributed by atoms with van der Waals surface area (Å²) in [5.74, 6) is 0.786. The van der Waals surface area contributed by atoms with Gasteiger partial charge in [0.1, 0.15) is 5.75 Å². The van der Waals surface area contributed by atoms with Gasteiger partial charge < -0.3 is 15.0 Å². The van der Waals surface area contributed by atoms with Crippen molar-refractivity contribution in [2.24, 2.45) is 0 Å². The van der Waals surface area contributed by atoms with Crippen molar-refractivity contribution >= 4 is 11.8 Å². The fourth-order valence-electron chi connectivity index (χ4n) is 2.50. The summed E-state index contributed by atoms with van der Waals surface area (Å²) in [6.45, 7) is 0.523. The van der Waals surface area contributed by atoms with Crippen LogP contribution in [-0.4, -0.2) is 37.9 Å². The molecule has 0 bridgehead atoms. The van der Waals surface area contributed by atoms with Crippen LogP contribution in [0.3, 0.4) is 0 Å². The van der Waals surface area contributed by atoms with E-state index in [1.165, 1.54) is 0 Å². The van der Waals surface area contributed by atoms with Crippen LogP contribution in [0, 0.1) is 0 Å². The number of carbonyl (C=O) groups is 2. The molecular formula is C20H24N2O3. The number of hydrogen-bond acceptors (Lipinski definition) is 3. The summed E-state index contributed by atoms with van der Waals surface area (Å²) < 4.78 is 5.13. The molecule has 1 N–H and O–H groups in total. The van der Waals surface area contributed by atoms with Gasteiger partial charge in [0.2, 0.25) is 5.91 Å². The zero-order valence-corrected chi connectivity index (χ0v) is 14.9. The number of methoxy groups -OCH3 is 1. The molecule has 0 saturated heterocycles. The lowest BCUT2D eigenvalue weighted by molar-refractivity contribution is -0.130. The highest BCUT2D eigenvalue weighted by Crippen LogP contribution is 2.13. The number of nitrogens with zero attached hydrogens (tertiary/aromatic N) is 1. The van der Waals surface area contributed by atoms with Gasteiger partial charge in [-0.2, -0.15) is 0 Å². The van der Waals surface area contributed by atoms with Gasteiger partial charge in [-0.25, -0.2) is 0 Å². The Bertz CT molecular complexity index is 709. The lowest BCUT2D eigenvalue weighted by Crippen LogP contribution is -2.26. The monoisotopic (exact) mass is 340 g/mol. The summed E-state index contributed by atoms with van der Waals surface area (Å²) in [5.41, 5.74) is 2.71. The van der Waals surface area contributed by atoms with Gasteiger partial charge in [-0.3, -0.25) is 9.59 Å². The van der Waals surface area contributed by atoms with E-state index in [0.717, 1.165) is 16.9 Å². The highest BCUT2D eigenvalue weighted by atomic mass is 16.5. The maximum atomic E-state index is 12.3. The standard InChI is InChI=1S/C20H24N2O3/c1-21-20(24)17-9-4-16(5-10-17)14-22(2)19(23)13-8-15-6-11-18(25-3)12-7-15/h4-7,9-12H,8,13-14H2,1-3H3,(H,21,24). The minimum absolute atomic E-state index is 0.0891. The van der Waals surface area contributed by atoms with Crippen molar-refractivity contribution in [1.82, 2.24) is 10.2 Å². The smallest absolute Gasteiger partial charge is 0.251 e. The fraction of sp³-hybridized carbons (Fsp3) is 0.300. The third-order valence-corrected chi connectivity index (χ3v) is 4.08. The number of rotatable bonds is 7. The van der Waals surface area contributed by atoms with Crippen molar-refractivity contribution < 1.29 is 14.3 Å². The van der Waals surface area contributed by atoms with Crippen LogP contribution in [0.15, 0.2) is 48.5 Å². The molecule has 0 aliphatic rings. The highest BCUT2D eigenvalue weighted by Gasteiger charge is 2.10. The highest BCUT2D eigenvalue weighted by molar-refractivity contribution is 5.93. The molecule has 0 aromatic heterocycles. The molecule has 25 heavy (non-hydrogen) atoms. The lowest BCUT2D eigenvalue weighted by Gasteiger charge is -2.17. The van der Waals surface area contributed by atoms with Gasteiger partial charge >= 0.3 is 0 Å². The third-order valence-electron chi connectivity index (χ3n) is 4.08. The molecule has 0 heterocycles. The van der Waals surface area contributed by atoms with Crippen molar-refractivity contribution in [3.8, 4) is 5.75 Å². The van der Waals surface area contributed by atoms with E-state index in [4.69, 9.17) is 4.74 Å². The summed E-state index contributed by atoms with van der Waals surface area (Å²) in [7, 11) is 5.03. The number of ether oxygens (including phenoxy) is 1. The molecule has 2 amide bonds. The van der Waals surface area contributed by atoms with Crippen LogP contribution in [-0.2, 0) is 17.8 Å². The average Bonchev–Trinajstić information content (AvgIpc) is 2.66. The average molecular weight is 340 g/mol.